The van der Waals surface area contributed by atoms with Gasteiger partial charge in [-0.1, -0.05) is 42.5 Å². The third-order valence-electron chi connectivity index (χ3n) is 6.12. The van der Waals surface area contributed by atoms with Crippen molar-refractivity contribution in [3.8, 4) is 11.1 Å². The van der Waals surface area contributed by atoms with Crippen LogP contribution in [0, 0.1) is 0 Å². The molecule has 0 unspecified atom stereocenters. The number of hydrogen-bond donors (Lipinski definition) is 1. The Bertz CT molecular complexity index is 1270. The zero-order chi connectivity index (χ0) is 24.9. The minimum Gasteiger partial charge on any atom is -0.462 e. The van der Waals surface area contributed by atoms with Crippen LogP contribution in [-0.4, -0.2) is 66.2 Å². The van der Waals surface area contributed by atoms with E-state index in [0.29, 0.717) is 50.0 Å². The number of esters is 2. The Morgan fingerprint density at radius 1 is 0.972 bits per heavy atom. The van der Waals surface area contributed by atoms with Gasteiger partial charge >= 0.3 is 11.9 Å². The molecule has 184 valence electrons. The molecule has 0 amide bonds. The van der Waals surface area contributed by atoms with Gasteiger partial charge in [-0.3, -0.25) is 0 Å². The van der Waals surface area contributed by atoms with Crippen LogP contribution in [0.1, 0.15) is 17.3 Å². The maximum Gasteiger partial charge on any atom is 0.356 e. The molecule has 9 nitrogen and oxygen atoms in total. The average molecular weight is 486 g/mol. The summed E-state index contributed by atoms with van der Waals surface area (Å²) in [5.74, 6) is -0.211. The molecule has 2 aliphatic heterocycles. The van der Waals surface area contributed by atoms with Crippen molar-refractivity contribution >= 4 is 23.6 Å². The number of carbonyl (C=O) groups excluding carboxylic acids is 2. The molecule has 36 heavy (non-hydrogen) atoms. The van der Waals surface area contributed by atoms with E-state index < -0.39 is 5.97 Å². The normalized spacial score (nSPS) is 15.6. The fourth-order valence-electron chi connectivity index (χ4n) is 4.33. The molecule has 0 saturated carbocycles. The summed E-state index contributed by atoms with van der Waals surface area (Å²) in [5, 5.41) is 3.41. The van der Waals surface area contributed by atoms with E-state index in [1.54, 1.807) is 6.92 Å². The number of cyclic esters (lactones) is 1. The topological polar surface area (TPSA) is 96.9 Å². The van der Waals surface area contributed by atoms with E-state index >= 15 is 0 Å². The largest absolute Gasteiger partial charge is 0.462 e. The smallest absolute Gasteiger partial charge is 0.356 e. The first kappa shape index (κ1) is 23.3. The van der Waals surface area contributed by atoms with Gasteiger partial charge in [0.05, 0.1) is 17.9 Å². The quantitative estimate of drug-likeness (QED) is 0.506. The van der Waals surface area contributed by atoms with Crippen LogP contribution in [0.5, 0.6) is 0 Å². The summed E-state index contributed by atoms with van der Waals surface area (Å²) >= 11 is 0. The Kier molecular flexibility index (Phi) is 6.79. The van der Waals surface area contributed by atoms with E-state index in [4.69, 9.17) is 9.47 Å². The van der Waals surface area contributed by atoms with E-state index in [1.165, 1.54) is 12.4 Å². The Morgan fingerprint density at radius 2 is 1.67 bits per heavy atom. The SMILES string of the molecule is CCOC(=O)c1cnc(N2CCN(C3=C(Nc4cccc(-c5ccccc5)c4)COC3=O)CC2)nc1. The van der Waals surface area contributed by atoms with Crippen LogP contribution in [0.3, 0.4) is 0 Å². The van der Waals surface area contributed by atoms with Crippen molar-refractivity contribution in [2.45, 2.75) is 6.92 Å². The average Bonchev–Trinajstić information content (AvgIpc) is 3.29. The molecule has 3 heterocycles. The molecule has 9 heteroatoms. The lowest BCUT2D eigenvalue weighted by molar-refractivity contribution is -0.137. The van der Waals surface area contributed by atoms with E-state index in [0.717, 1.165) is 22.5 Å². The lowest BCUT2D eigenvalue weighted by atomic mass is 10.1. The predicted molar refractivity (Wildman–Crippen MR) is 135 cm³/mol. The van der Waals surface area contributed by atoms with Gasteiger partial charge in [-0.05, 0) is 30.2 Å². The highest BCUT2D eigenvalue weighted by Crippen LogP contribution is 2.27. The van der Waals surface area contributed by atoms with E-state index in [2.05, 4.69) is 39.6 Å². The molecule has 2 aliphatic rings. The van der Waals surface area contributed by atoms with Gasteiger partial charge in [-0.15, -0.1) is 0 Å². The first-order chi connectivity index (χ1) is 17.6. The maximum absolute atomic E-state index is 12.6. The molecule has 0 aliphatic carbocycles. The summed E-state index contributed by atoms with van der Waals surface area (Å²) in [7, 11) is 0. The molecule has 1 N–H and O–H groups in total. The molecule has 0 bridgehead atoms. The van der Waals surface area contributed by atoms with Gasteiger partial charge in [0.1, 0.15) is 12.3 Å². The molecule has 1 aromatic heterocycles. The third-order valence-corrected chi connectivity index (χ3v) is 6.12. The number of anilines is 2. The van der Waals surface area contributed by atoms with Crippen LogP contribution in [0.25, 0.3) is 11.1 Å². The summed E-state index contributed by atoms with van der Waals surface area (Å²) in [6.45, 7) is 4.76. The number of nitrogens with zero attached hydrogens (tertiary/aromatic N) is 4. The number of piperazine rings is 1. The fourth-order valence-corrected chi connectivity index (χ4v) is 4.33. The second kappa shape index (κ2) is 10.5. The van der Waals surface area contributed by atoms with Crippen LogP contribution in [0.4, 0.5) is 11.6 Å². The molecule has 0 atom stereocenters. The number of rotatable bonds is 7. The van der Waals surface area contributed by atoms with Crippen LogP contribution in [0.2, 0.25) is 0 Å². The third kappa shape index (κ3) is 5.00. The molecule has 0 spiro atoms. The monoisotopic (exact) mass is 485 g/mol. The lowest BCUT2D eigenvalue weighted by Crippen LogP contribution is -2.47. The summed E-state index contributed by atoms with van der Waals surface area (Å²) in [5.41, 5.74) is 4.77. The second-order valence-electron chi connectivity index (χ2n) is 8.44. The molecule has 3 aromatic rings. The first-order valence-corrected chi connectivity index (χ1v) is 11.9. The van der Waals surface area contributed by atoms with E-state index in [-0.39, 0.29) is 12.6 Å². The molecular formula is C27H27N5O4. The Hall–Kier alpha value is -4.40. The van der Waals surface area contributed by atoms with Gasteiger partial charge in [0, 0.05) is 44.3 Å². The van der Waals surface area contributed by atoms with Crippen molar-refractivity contribution in [3.05, 3.63) is 83.9 Å². The maximum atomic E-state index is 12.6. The van der Waals surface area contributed by atoms with Gasteiger partial charge in [-0.2, -0.15) is 0 Å². The number of aromatic nitrogens is 2. The summed E-state index contributed by atoms with van der Waals surface area (Å²) in [6.07, 6.45) is 2.96. The molecule has 0 radical (unpaired) electrons. The van der Waals surface area contributed by atoms with Gasteiger partial charge < -0.3 is 24.6 Å². The zero-order valence-electron chi connectivity index (χ0n) is 20.0. The molecule has 2 aromatic carbocycles. The number of nitrogens with one attached hydrogen (secondary N) is 1. The summed E-state index contributed by atoms with van der Waals surface area (Å²) in [6, 6.07) is 18.3. The van der Waals surface area contributed by atoms with Crippen molar-refractivity contribution in [2.24, 2.45) is 0 Å². The highest BCUT2D eigenvalue weighted by Gasteiger charge is 2.32. The predicted octanol–water partition coefficient (Wildman–Crippen LogP) is 3.32. The van der Waals surface area contributed by atoms with Crippen LogP contribution in [0.15, 0.2) is 78.4 Å². The van der Waals surface area contributed by atoms with E-state index in [1.807, 2.05) is 40.1 Å². The number of ether oxygens (including phenoxy) is 2. The van der Waals surface area contributed by atoms with Gasteiger partial charge in [0.25, 0.3) is 0 Å². The Morgan fingerprint density at radius 3 is 2.39 bits per heavy atom. The Labute approximate surface area is 209 Å². The number of benzene rings is 2. The summed E-state index contributed by atoms with van der Waals surface area (Å²) in [4.78, 5) is 37.2. The van der Waals surface area contributed by atoms with Crippen molar-refractivity contribution < 1.29 is 19.1 Å². The molecule has 5 rings (SSSR count). The van der Waals surface area contributed by atoms with Crippen LogP contribution in [-0.2, 0) is 14.3 Å². The minimum atomic E-state index is -0.435. The van der Waals surface area contributed by atoms with Crippen molar-refractivity contribution in [3.63, 3.8) is 0 Å². The van der Waals surface area contributed by atoms with Crippen molar-refractivity contribution in [1.29, 1.82) is 0 Å². The minimum absolute atomic E-state index is 0.211. The lowest BCUT2D eigenvalue weighted by Gasteiger charge is -2.36. The summed E-state index contributed by atoms with van der Waals surface area (Å²) < 4.78 is 10.4. The molecule has 1 saturated heterocycles. The highest BCUT2D eigenvalue weighted by atomic mass is 16.5. The second-order valence-corrected chi connectivity index (χ2v) is 8.44. The molecule has 1 fully saturated rings. The van der Waals surface area contributed by atoms with Gasteiger partial charge in [0.2, 0.25) is 5.95 Å². The fraction of sp³-hybridized carbons (Fsp3) is 0.259. The van der Waals surface area contributed by atoms with Crippen molar-refractivity contribution in [1.82, 2.24) is 14.9 Å². The van der Waals surface area contributed by atoms with Crippen molar-refractivity contribution in [2.75, 3.05) is 49.6 Å². The zero-order valence-corrected chi connectivity index (χ0v) is 20.0. The number of hydrogen-bond acceptors (Lipinski definition) is 9. The standard InChI is InChI=1S/C27H27N5O4/c1-2-35-25(33)21-16-28-27(29-17-21)32-13-11-31(12-14-32)24-23(18-36-26(24)34)30-22-10-6-9-20(15-22)19-7-4-3-5-8-19/h3-10,15-17,30H,2,11-14,18H2,1H3. The molecular weight excluding hydrogens is 458 g/mol. The number of carbonyl (C=O) groups is 2. The van der Waals surface area contributed by atoms with Crippen LogP contribution < -0.4 is 10.2 Å². The highest BCUT2D eigenvalue weighted by molar-refractivity contribution is 5.92. The van der Waals surface area contributed by atoms with Gasteiger partial charge in [-0.25, -0.2) is 19.6 Å². The van der Waals surface area contributed by atoms with Gasteiger partial charge in [0.15, 0.2) is 0 Å². The van der Waals surface area contributed by atoms with E-state index in [9.17, 15) is 9.59 Å². The van der Waals surface area contributed by atoms with Crippen LogP contribution >= 0.6 is 0 Å². The first-order valence-electron chi connectivity index (χ1n) is 11.9. The Balaban J connectivity index is 1.27.